The van der Waals surface area contributed by atoms with Crippen molar-refractivity contribution in [3.8, 4) is 6.07 Å². The highest BCUT2D eigenvalue weighted by Gasteiger charge is 2.41. The summed E-state index contributed by atoms with van der Waals surface area (Å²) in [5.74, 6) is -1.83. The lowest BCUT2D eigenvalue weighted by atomic mass is 10.2. The van der Waals surface area contributed by atoms with E-state index in [-0.39, 0.29) is 0 Å². The molecular weight excluding hydrogens is 215 g/mol. The van der Waals surface area contributed by atoms with Gasteiger partial charge in [-0.1, -0.05) is 0 Å². The first-order chi connectivity index (χ1) is 6.79. The second kappa shape index (κ2) is 3.27. The van der Waals surface area contributed by atoms with Crippen LogP contribution in [0.25, 0.3) is 0 Å². The molecule has 0 amide bonds. The van der Waals surface area contributed by atoms with E-state index < -0.39 is 29.1 Å². The number of rotatable bonds is 1. The van der Waals surface area contributed by atoms with Crippen molar-refractivity contribution in [2.24, 2.45) is 7.05 Å². The SMILES string of the molecule is Cn1nc(C(F)(F)F)c(C(=O)O)c1C#N. The van der Waals surface area contributed by atoms with Crippen molar-refractivity contribution >= 4 is 5.97 Å². The van der Waals surface area contributed by atoms with E-state index in [1.165, 1.54) is 6.07 Å². The van der Waals surface area contributed by atoms with Gasteiger partial charge in [-0.05, 0) is 0 Å². The molecule has 0 aliphatic rings. The van der Waals surface area contributed by atoms with Crippen LogP contribution in [0.2, 0.25) is 0 Å². The van der Waals surface area contributed by atoms with E-state index in [4.69, 9.17) is 10.4 Å². The number of carboxylic acids is 1. The largest absolute Gasteiger partial charge is 0.478 e. The van der Waals surface area contributed by atoms with Gasteiger partial charge >= 0.3 is 12.1 Å². The Morgan fingerprint density at radius 1 is 1.60 bits per heavy atom. The lowest BCUT2D eigenvalue weighted by Crippen LogP contribution is -2.12. The van der Waals surface area contributed by atoms with Gasteiger partial charge in [-0.2, -0.15) is 23.5 Å². The monoisotopic (exact) mass is 219 g/mol. The minimum absolute atomic E-state index is 0.590. The third-order valence-corrected chi connectivity index (χ3v) is 1.64. The van der Waals surface area contributed by atoms with Gasteiger partial charge in [0.1, 0.15) is 11.6 Å². The third kappa shape index (κ3) is 1.76. The fourth-order valence-corrected chi connectivity index (χ4v) is 1.05. The number of nitrogens with zero attached hydrogens (tertiary/aromatic N) is 3. The Morgan fingerprint density at radius 2 is 2.13 bits per heavy atom. The molecule has 0 aliphatic carbocycles. The van der Waals surface area contributed by atoms with Crippen LogP contribution >= 0.6 is 0 Å². The summed E-state index contributed by atoms with van der Waals surface area (Å²) in [6, 6.07) is 1.36. The number of nitriles is 1. The molecule has 0 aromatic carbocycles. The van der Waals surface area contributed by atoms with Gasteiger partial charge in [-0.15, -0.1) is 0 Å². The van der Waals surface area contributed by atoms with Crippen LogP contribution < -0.4 is 0 Å². The summed E-state index contributed by atoms with van der Waals surface area (Å²) in [6.45, 7) is 0. The molecule has 1 rings (SSSR count). The van der Waals surface area contributed by atoms with Crippen molar-refractivity contribution in [3.05, 3.63) is 17.0 Å². The smallest absolute Gasteiger partial charge is 0.436 e. The summed E-state index contributed by atoms with van der Waals surface area (Å²) in [5, 5.41) is 20.0. The zero-order valence-electron chi connectivity index (χ0n) is 7.33. The molecule has 0 unspecified atom stereocenters. The van der Waals surface area contributed by atoms with Crippen LogP contribution in [-0.2, 0) is 13.2 Å². The van der Waals surface area contributed by atoms with E-state index in [1.54, 1.807) is 0 Å². The summed E-state index contributed by atoms with van der Waals surface area (Å²) >= 11 is 0. The number of halogens is 3. The fraction of sp³-hybridized carbons (Fsp3) is 0.286. The molecule has 0 spiro atoms. The Kier molecular flexibility index (Phi) is 2.41. The molecule has 1 aromatic rings. The lowest BCUT2D eigenvalue weighted by molar-refractivity contribution is -0.141. The minimum Gasteiger partial charge on any atom is -0.478 e. The number of hydrogen-bond acceptors (Lipinski definition) is 3. The van der Waals surface area contributed by atoms with Crippen LogP contribution in [0.15, 0.2) is 0 Å². The third-order valence-electron chi connectivity index (χ3n) is 1.64. The number of carboxylic acid groups (broad SMARTS) is 1. The zero-order valence-corrected chi connectivity index (χ0v) is 7.33. The first-order valence-electron chi connectivity index (χ1n) is 3.56. The van der Waals surface area contributed by atoms with E-state index in [1.807, 2.05) is 0 Å². The molecule has 80 valence electrons. The van der Waals surface area contributed by atoms with Crippen molar-refractivity contribution in [2.45, 2.75) is 6.18 Å². The first-order valence-corrected chi connectivity index (χ1v) is 3.56. The summed E-state index contributed by atoms with van der Waals surface area (Å²) in [5.41, 5.74) is -3.31. The quantitative estimate of drug-likeness (QED) is 0.764. The first kappa shape index (κ1) is 11.0. The highest BCUT2D eigenvalue weighted by Crippen LogP contribution is 2.32. The molecule has 0 bridgehead atoms. The molecule has 1 N–H and O–H groups in total. The number of alkyl halides is 3. The molecule has 1 heterocycles. The second-order valence-electron chi connectivity index (χ2n) is 2.61. The maximum absolute atomic E-state index is 12.3. The predicted molar refractivity (Wildman–Crippen MR) is 39.9 cm³/mol. The summed E-state index contributed by atoms with van der Waals surface area (Å²) in [4.78, 5) is 10.6. The van der Waals surface area contributed by atoms with Crippen LogP contribution in [0.1, 0.15) is 21.7 Å². The molecule has 0 radical (unpaired) electrons. The predicted octanol–water partition coefficient (Wildman–Crippen LogP) is 1.01. The van der Waals surface area contributed by atoms with Crippen LogP contribution in [-0.4, -0.2) is 20.9 Å². The number of aryl methyl sites for hydroxylation is 1. The van der Waals surface area contributed by atoms with Gasteiger partial charge in [0.25, 0.3) is 0 Å². The molecular formula is C7H4F3N3O2. The fourth-order valence-electron chi connectivity index (χ4n) is 1.05. The summed E-state index contributed by atoms with van der Waals surface area (Å²) in [7, 11) is 1.07. The van der Waals surface area contributed by atoms with Gasteiger partial charge in [0.2, 0.25) is 0 Å². The number of aromatic carboxylic acids is 1. The van der Waals surface area contributed by atoms with Crippen molar-refractivity contribution < 1.29 is 23.1 Å². The molecule has 0 aliphatic heterocycles. The molecule has 0 saturated heterocycles. The van der Waals surface area contributed by atoms with Gasteiger partial charge in [0, 0.05) is 7.05 Å². The Balaban J connectivity index is 3.57. The van der Waals surface area contributed by atoms with Crippen molar-refractivity contribution in [2.75, 3.05) is 0 Å². The highest BCUT2D eigenvalue weighted by atomic mass is 19.4. The van der Waals surface area contributed by atoms with E-state index in [0.717, 1.165) is 7.05 Å². The van der Waals surface area contributed by atoms with Crippen molar-refractivity contribution in [1.82, 2.24) is 9.78 Å². The number of aromatic nitrogens is 2. The van der Waals surface area contributed by atoms with Crippen molar-refractivity contribution in [1.29, 1.82) is 5.26 Å². The molecule has 8 heteroatoms. The summed E-state index contributed by atoms with van der Waals surface area (Å²) in [6.07, 6.45) is -4.89. The average Bonchev–Trinajstić information content (AvgIpc) is 2.41. The van der Waals surface area contributed by atoms with E-state index in [2.05, 4.69) is 5.10 Å². The molecule has 0 saturated carbocycles. The van der Waals surface area contributed by atoms with Gasteiger partial charge < -0.3 is 5.11 Å². The van der Waals surface area contributed by atoms with E-state index in [0.29, 0.717) is 4.68 Å². The van der Waals surface area contributed by atoms with E-state index in [9.17, 15) is 18.0 Å². The van der Waals surface area contributed by atoms with E-state index >= 15 is 0 Å². The number of carbonyl (C=O) groups is 1. The molecule has 5 nitrogen and oxygen atoms in total. The maximum atomic E-state index is 12.3. The summed E-state index contributed by atoms with van der Waals surface area (Å²) < 4.78 is 37.5. The second-order valence-corrected chi connectivity index (χ2v) is 2.61. The molecule has 15 heavy (non-hydrogen) atoms. The Morgan fingerprint density at radius 3 is 2.47 bits per heavy atom. The normalized spacial score (nSPS) is 11.1. The van der Waals surface area contributed by atoms with Gasteiger partial charge in [-0.3, -0.25) is 4.68 Å². The number of hydrogen-bond donors (Lipinski definition) is 1. The van der Waals surface area contributed by atoms with Crippen LogP contribution in [0.3, 0.4) is 0 Å². The van der Waals surface area contributed by atoms with Crippen molar-refractivity contribution in [3.63, 3.8) is 0 Å². The molecule has 0 fully saturated rings. The Hall–Kier alpha value is -2.04. The minimum atomic E-state index is -4.89. The zero-order chi connectivity index (χ0) is 11.8. The highest BCUT2D eigenvalue weighted by molar-refractivity contribution is 5.91. The van der Waals surface area contributed by atoms with Crippen LogP contribution in [0, 0.1) is 11.3 Å². The Labute approximate surface area is 81.3 Å². The van der Waals surface area contributed by atoms with Gasteiger partial charge in [-0.25, -0.2) is 4.79 Å². The van der Waals surface area contributed by atoms with Gasteiger partial charge in [0.15, 0.2) is 11.4 Å². The molecule has 1 aromatic heterocycles. The maximum Gasteiger partial charge on any atom is 0.436 e. The van der Waals surface area contributed by atoms with Crippen LogP contribution in [0.5, 0.6) is 0 Å². The average molecular weight is 219 g/mol. The van der Waals surface area contributed by atoms with Gasteiger partial charge in [0.05, 0.1) is 0 Å². The molecule has 0 atom stereocenters. The topological polar surface area (TPSA) is 78.9 Å². The van der Waals surface area contributed by atoms with Crippen LogP contribution in [0.4, 0.5) is 13.2 Å². The Bertz CT molecular complexity index is 455. The standard InChI is InChI=1S/C7H4F3N3O2/c1-13-3(2-11)4(6(14)15)5(12-13)7(8,9)10/h1H3,(H,14,15). The lowest BCUT2D eigenvalue weighted by Gasteiger charge is -2.02.